The van der Waals surface area contributed by atoms with Gasteiger partial charge in [0.25, 0.3) is 0 Å². The van der Waals surface area contributed by atoms with Gasteiger partial charge < -0.3 is 4.90 Å². The molecule has 0 unspecified atom stereocenters. The van der Waals surface area contributed by atoms with E-state index >= 15 is 0 Å². The zero-order chi connectivity index (χ0) is 29.2. The molecule has 1 aliphatic rings. The minimum Gasteiger partial charge on any atom is -0.300 e. The van der Waals surface area contributed by atoms with E-state index in [1.165, 1.54) is 167 Å². The van der Waals surface area contributed by atoms with Gasteiger partial charge >= 0.3 is 0 Å². The van der Waals surface area contributed by atoms with Gasteiger partial charge in [0.05, 0.1) is 24.1 Å². The van der Waals surface area contributed by atoms with E-state index in [0.717, 1.165) is 11.7 Å². The summed E-state index contributed by atoms with van der Waals surface area (Å²) in [5.74, 6) is 0. The third-order valence-electron chi connectivity index (χ3n) is 10.4. The van der Waals surface area contributed by atoms with E-state index in [9.17, 15) is 0 Å². The average molecular weight is 581 g/mol. The van der Waals surface area contributed by atoms with Crippen molar-refractivity contribution in [3.8, 4) is 0 Å². The second kappa shape index (κ2) is 27.0. The standard InChI is InChI=1S/C38H79NP/c1-6-11-16-18-20-22-24-26-32-39(33-27-25-23-21-19-17-12-7-2)37-28-30-38(31-29-37)40(34-13-8-3,35-14-9-4)36-15-10-5/h37-38H,6-36H2,1-5H3/q+1. The lowest BCUT2D eigenvalue weighted by molar-refractivity contribution is 0.150. The van der Waals surface area contributed by atoms with Crippen LogP contribution in [0.3, 0.4) is 0 Å². The second-order valence-corrected chi connectivity index (χ2v) is 18.4. The first-order valence-electron chi connectivity index (χ1n) is 19.3. The molecule has 0 aromatic carbocycles. The molecule has 1 saturated carbocycles. The molecule has 1 aliphatic carbocycles. The highest BCUT2D eigenvalue weighted by Gasteiger charge is 2.45. The fourth-order valence-corrected chi connectivity index (χ4v) is 13.6. The van der Waals surface area contributed by atoms with Gasteiger partial charge in [0.1, 0.15) is 0 Å². The van der Waals surface area contributed by atoms with Crippen LogP contribution in [0, 0.1) is 0 Å². The molecule has 0 aliphatic heterocycles. The van der Waals surface area contributed by atoms with E-state index in [0.29, 0.717) is 0 Å². The highest BCUT2D eigenvalue weighted by molar-refractivity contribution is 7.76. The van der Waals surface area contributed by atoms with E-state index < -0.39 is 7.26 Å². The monoisotopic (exact) mass is 581 g/mol. The Bertz CT molecular complexity index is 470. The molecule has 0 heterocycles. The smallest absolute Gasteiger partial charge is 0.0698 e. The van der Waals surface area contributed by atoms with Gasteiger partial charge in [0.2, 0.25) is 0 Å². The quantitative estimate of drug-likeness (QED) is 0.0628. The molecule has 1 nitrogen and oxygen atoms in total. The Morgan fingerprint density at radius 3 is 1.07 bits per heavy atom. The maximum atomic E-state index is 3.02. The SMILES string of the molecule is CCCCCCCCCCN(CCCCCCCCCC)C1CCC([P+](CCCC)(CCCC)CCCC)CC1. The summed E-state index contributed by atoms with van der Waals surface area (Å²) < 4.78 is 0. The number of unbranched alkanes of at least 4 members (excludes halogenated alkanes) is 17. The van der Waals surface area contributed by atoms with Crippen molar-refractivity contribution in [2.24, 2.45) is 0 Å². The van der Waals surface area contributed by atoms with Gasteiger partial charge in [-0.15, -0.1) is 0 Å². The van der Waals surface area contributed by atoms with Gasteiger partial charge in [-0.05, 0) is 70.9 Å². The predicted octanol–water partition coefficient (Wildman–Crippen LogP) is 13.3. The summed E-state index contributed by atoms with van der Waals surface area (Å²) in [4.78, 5) is 3.02. The van der Waals surface area contributed by atoms with Crippen molar-refractivity contribution >= 4 is 7.26 Å². The van der Waals surface area contributed by atoms with Crippen LogP contribution < -0.4 is 0 Å². The Morgan fingerprint density at radius 2 is 0.725 bits per heavy atom. The predicted molar refractivity (Wildman–Crippen MR) is 189 cm³/mol. The molecule has 0 amide bonds. The minimum atomic E-state index is -0.781. The van der Waals surface area contributed by atoms with E-state index in [-0.39, 0.29) is 0 Å². The first-order chi connectivity index (χ1) is 19.7. The van der Waals surface area contributed by atoms with Gasteiger partial charge in [-0.1, -0.05) is 144 Å². The Morgan fingerprint density at radius 1 is 0.400 bits per heavy atom. The van der Waals surface area contributed by atoms with Crippen molar-refractivity contribution in [1.82, 2.24) is 4.90 Å². The Balaban J connectivity index is 2.65. The van der Waals surface area contributed by atoms with Gasteiger partial charge in [0, 0.05) is 13.3 Å². The second-order valence-electron chi connectivity index (χ2n) is 13.9. The van der Waals surface area contributed by atoms with E-state index in [1.54, 1.807) is 31.3 Å². The molecule has 0 atom stereocenters. The van der Waals surface area contributed by atoms with Crippen molar-refractivity contribution in [2.45, 2.75) is 213 Å². The zero-order valence-electron chi connectivity index (χ0n) is 29.0. The Kier molecular flexibility index (Phi) is 25.9. The fraction of sp³-hybridized carbons (Fsp3) is 1.00. The van der Waals surface area contributed by atoms with Crippen LogP contribution in [-0.2, 0) is 0 Å². The molecule has 0 saturated heterocycles. The maximum Gasteiger partial charge on any atom is 0.0698 e. The maximum absolute atomic E-state index is 3.02. The molecule has 0 aromatic heterocycles. The number of hydrogen-bond acceptors (Lipinski definition) is 1. The molecule has 0 radical (unpaired) electrons. The van der Waals surface area contributed by atoms with Crippen LogP contribution in [0.4, 0.5) is 0 Å². The number of rotatable bonds is 29. The van der Waals surface area contributed by atoms with Crippen molar-refractivity contribution in [3.63, 3.8) is 0 Å². The summed E-state index contributed by atoms with van der Waals surface area (Å²) in [5.41, 5.74) is 1.11. The third kappa shape index (κ3) is 17.5. The number of hydrogen-bond donors (Lipinski definition) is 0. The van der Waals surface area contributed by atoms with Gasteiger partial charge in [-0.25, -0.2) is 0 Å². The van der Waals surface area contributed by atoms with Gasteiger partial charge in [-0.3, -0.25) is 0 Å². The first kappa shape index (κ1) is 38.4. The molecule has 40 heavy (non-hydrogen) atoms. The molecule has 240 valence electrons. The first-order valence-corrected chi connectivity index (χ1v) is 21.7. The molecule has 0 spiro atoms. The Labute approximate surface area is 256 Å². The molecule has 0 bridgehead atoms. The van der Waals surface area contributed by atoms with E-state index in [2.05, 4.69) is 39.5 Å². The average Bonchev–Trinajstić information content (AvgIpc) is 2.98. The molecular weight excluding hydrogens is 501 g/mol. The van der Waals surface area contributed by atoms with Crippen LogP contribution in [0.25, 0.3) is 0 Å². The summed E-state index contributed by atoms with van der Waals surface area (Å²) >= 11 is 0. The van der Waals surface area contributed by atoms with Crippen LogP contribution in [0.5, 0.6) is 0 Å². The summed E-state index contributed by atoms with van der Waals surface area (Å²) in [7, 11) is -0.781. The molecule has 1 fully saturated rings. The lowest BCUT2D eigenvalue weighted by Gasteiger charge is -2.42. The van der Waals surface area contributed by atoms with Crippen molar-refractivity contribution < 1.29 is 0 Å². The highest BCUT2D eigenvalue weighted by atomic mass is 31.2. The molecule has 0 aromatic rings. The third-order valence-corrected chi connectivity index (χ3v) is 16.1. The van der Waals surface area contributed by atoms with E-state index in [4.69, 9.17) is 0 Å². The lowest BCUT2D eigenvalue weighted by atomic mass is 9.93. The van der Waals surface area contributed by atoms with Crippen LogP contribution >= 0.6 is 7.26 Å². The summed E-state index contributed by atoms with van der Waals surface area (Å²) in [6.07, 6.45) is 43.0. The van der Waals surface area contributed by atoms with Crippen LogP contribution in [0.2, 0.25) is 0 Å². The molecular formula is C38H79NP+. The van der Waals surface area contributed by atoms with Crippen molar-refractivity contribution in [2.75, 3.05) is 31.6 Å². The topological polar surface area (TPSA) is 3.24 Å². The Hall–Kier alpha value is 0.390. The summed E-state index contributed by atoms with van der Waals surface area (Å²) in [6, 6.07) is 0.899. The highest BCUT2D eigenvalue weighted by Crippen LogP contribution is 2.67. The molecule has 1 rings (SSSR count). The molecule has 0 N–H and O–H groups in total. The van der Waals surface area contributed by atoms with Crippen LogP contribution in [0.15, 0.2) is 0 Å². The lowest BCUT2D eigenvalue weighted by Crippen LogP contribution is -2.41. The minimum absolute atomic E-state index is 0.781. The number of nitrogens with zero attached hydrogens (tertiary/aromatic N) is 1. The zero-order valence-corrected chi connectivity index (χ0v) is 29.9. The summed E-state index contributed by atoms with van der Waals surface area (Å²) in [5, 5.41) is 0. The van der Waals surface area contributed by atoms with Crippen molar-refractivity contribution in [1.29, 1.82) is 0 Å². The largest absolute Gasteiger partial charge is 0.300 e. The normalized spacial score (nSPS) is 18.1. The van der Waals surface area contributed by atoms with Crippen LogP contribution in [-0.4, -0.2) is 48.2 Å². The fourth-order valence-electron chi connectivity index (χ4n) is 7.65. The summed E-state index contributed by atoms with van der Waals surface area (Å²) in [6.45, 7) is 14.7. The molecule has 2 heteroatoms. The van der Waals surface area contributed by atoms with Crippen molar-refractivity contribution in [3.05, 3.63) is 0 Å². The van der Waals surface area contributed by atoms with Gasteiger partial charge in [0.15, 0.2) is 0 Å². The van der Waals surface area contributed by atoms with E-state index in [1.807, 2.05) is 0 Å². The van der Waals surface area contributed by atoms with Crippen LogP contribution in [0.1, 0.15) is 202 Å². The van der Waals surface area contributed by atoms with Gasteiger partial charge in [-0.2, -0.15) is 0 Å².